The molecule has 1 saturated heterocycles. The van der Waals surface area contributed by atoms with Gasteiger partial charge in [-0.15, -0.1) is 11.3 Å². The van der Waals surface area contributed by atoms with Crippen LogP contribution in [0.4, 0.5) is 10.5 Å². The number of rotatable bonds is 8. The summed E-state index contributed by atoms with van der Waals surface area (Å²) in [6, 6.07) is 5.07. The summed E-state index contributed by atoms with van der Waals surface area (Å²) in [6.07, 6.45) is 0.678. The molecule has 1 fully saturated rings. The maximum absolute atomic E-state index is 12.8. The van der Waals surface area contributed by atoms with Crippen molar-refractivity contribution in [3.8, 4) is 11.5 Å². The van der Waals surface area contributed by atoms with E-state index in [4.69, 9.17) is 9.47 Å². The molecule has 3 amide bonds. The van der Waals surface area contributed by atoms with E-state index in [1.54, 1.807) is 48.7 Å². The fourth-order valence-electron chi connectivity index (χ4n) is 3.04. The number of hydrogen-bond acceptors (Lipinski definition) is 6. The van der Waals surface area contributed by atoms with Gasteiger partial charge >= 0.3 is 6.03 Å². The number of nitrogens with one attached hydrogen (secondary N) is 1. The fraction of sp³-hybridized carbons (Fsp3) is 0.421. The molecule has 0 spiro atoms. The Balaban J connectivity index is 1.56. The Morgan fingerprint density at radius 2 is 2.11 bits per heavy atom. The first-order valence-corrected chi connectivity index (χ1v) is 9.86. The van der Waals surface area contributed by atoms with Gasteiger partial charge in [-0.25, -0.2) is 9.78 Å². The van der Waals surface area contributed by atoms with Gasteiger partial charge in [0, 0.05) is 37.5 Å². The normalized spacial score (nSPS) is 13.8. The summed E-state index contributed by atoms with van der Waals surface area (Å²) < 4.78 is 10.6. The van der Waals surface area contributed by atoms with Crippen LogP contribution in [-0.2, 0) is 11.2 Å². The molecule has 3 rings (SSSR count). The first-order valence-electron chi connectivity index (χ1n) is 8.98. The minimum absolute atomic E-state index is 0.0255. The second kappa shape index (κ2) is 8.92. The fourth-order valence-corrected chi connectivity index (χ4v) is 3.69. The van der Waals surface area contributed by atoms with Gasteiger partial charge in [0.05, 0.1) is 30.6 Å². The van der Waals surface area contributed by atoms with Crippen molar-refractivity contribution in [2.45, 2.75) is 13.3 Å². The molecule has 0 radical (unpaired) electrons. The first kappa shape index (κ1) is 19.9. The Morgan fingerprint density at radius 1 is 1.29 bits per heavy atom. The molecule has 1 aromatic heterocycles. The van der Waals surface area contributed by atoms with Gasteiger partial charge in [-0.3, -0.25) is 9.69 Å². The molecule has 2 heterocycles. The molecule has 0 unspecified atom stereocenters. The molecule has 8 nitrogen and oxygen atoms in total. The van der Waals surface area contributed by atoms with Crippen LogP contribution in [0.1, 0.15) is 10.7 Å². The highest BCUT2D eigenvalue weighted by molar-refractivity contribution is 7.09. The van der Waals surface area contributed by atoms with Gasteiger partial charge in [-0.2, -0.15) is 0 Å². The summed E-state index contributed by atoms with van der Waals surface area (Å²) in [5.41, 5.74) is 1.60. The number of aryl methyl sites for hydroxylation is 1. The summed E-state index contributed by atoms with van der Waals surface area (Å²) in [4.78, 5) is 32.5. The number of urea groups is 1. The number of anilines is 1. The van der Waals surface area contributed by atoms with Crippen molar-refractivity contribution in [2.24, 2.45) is 0 Å². The quantitative estimate of drug-likeness (QED) is 0.728. The van der Waals surface area contributed by atoms with Crippen LogP contribution in [-0.4, -0.2) is 62.2 Å². The predicted molar refractivity (Wildman–Crippen MR) is 107 cm³/mol. The Hall–Kier alpha value is -2.81. The van der Waals surface area contributed by atoms with E-state index in [1.807, 2.05) is 12.3 Å². The third-order valence-electron chi connectivity index (χ3n) is 4.48. The highest BCUT2D eigenvalue weighted by Crippen LogP contribution is 2.34. The number of thiazole rings is 1. The number of aromatic nitrogens is 1. The zero-order chi connectivity index (χ0) is 20.1. The van der Waals surface area contributed by atoms with Crippen molar-refractivity contribution in [1.82, 2.24) is 15.2 Å². The number of amides is 3. The van der Waals surface area contributed by atoms with Gasteiger partial charge in [0.25, 0.3) is 0 Å². The maximum atomic E-state index is 12.8. The molecule has 1 aromatic carbocycles. The predicted octanol–water partition coefficient (Wildman–Crippen LogP) is 2.07. The number of ether oxygens (including phenoxy) is 2. The minimum atomic E-state index is -0.225. The molecule has 1 aliphatic rings. The number of benzene rings is 1. The lowest BCUT2D eigenvalue weighted by Crippen LogP contribution is -2.40. The van der Waals surface area contributed by atoms with E-state index in [0.717, 1.165) is 10.7 Å². The molecule has 1 N–H and O–H groups in total. The van der Waals surface area contributed by atoms with E-state index in [-0.39, 0.29) is 18.5 Å². The second-order valence-corrected chi connectivity index (χ2v) is 7.41. The van der Waals surface area contributed by atoms with Crippen molar-refractivity contribution in [2.75, 3.05) is 45.3 Å². The zero-order valence-electron chi connectivity index (χ0n) is 16.2. The third-order valence-corrected chi connectivity index (χ3v) is 5.30. The summed E-state index contributed by atoms with van der Waals surface area (Å²) in [6.45, 7) is 3.43. The van der Waals surface area contributed by atoms with E-state index in [1.165, 1.54) is 4.90 Å². The zero-order valence-corrected chi connectivity index (χ0v) is 17.0. The first-order chi connectivity index (χ1) is 13.5. The summed E-state index contributed by atoms with van der Waals surface area (Å²) in [5, 5.41) is 5.85. The Morgan fingerprint density at radius 3 is 2.79 bits per heavy atom. The van der Waals surface area contributed by atoms with Crippen molar-refractivity contribution < 1.29 is 19.1 Å². The molecule has 9 heteroatoms. The van der Waals surface area contributed by atoms with Crippen LogP contribution >= 0.6 is 11.3 Å². The highest BCUT2D eigenvalue weighted by atomic mass is 32.1. The number of methoxy groups -OCH3 is 2. The number of hydrogen-bond donors (Lipinski definition) is 1. The largest absolute Gasteiger partial charge is 0.497 e. The SMILES string of the molecule is COc1ccc(OC)c(N2CCN(CC(=O)NCCc3csc(C)n3)C2=O)c1. The van der Waals surface area contributed by atoms with Crippen LogP contribution in [0.2, 0.25) is 0 Å². The summed E-state index contributed by atoms with van der Waals surface area (Å²) in [5.74, 6) is 1.04. The van der Waals surface area contributed by atoms with Crippen LogP contribution in [0.15, 0.2) is 23.6 Å². The van der Waals surface area contributed by atoms with Crippen molar-refractivity contribution >= 4 is 29.0 Å². The smallest absolute Gasteiger partial charge is 0.325 e. The van der Waals surface area contributed by atoms with Crippen LogP contribution in [0, 0.1) is 6.92 Å². The molecule has 0 saturated carbocycles. The molecule has 1 aliphatic heterocycles. The highest BCUT2D eigenvalue weighted by Gasteiger charge is 2.32. The molecule has 0 bridgehead atoms. The summed E-state index contributed by atoms with van der Waals surface area (Å²) in [7, 11) is 3.13. The Bertz CT molecular complexity index is 854. The maximum Gasteiger partial charge on any atom is 0.325 e. The Labute approximate surface area is 168 Å². The molecule has 28 heavy (non-hydrogen) atoms. The summed E-state index contributed by atoms with van der Waals surface area (Å²) >= 11 is 1.59. The van der Waals surface area contributed by atoms with Crippen LogP contribution in [0.5, 0.6) is 11.5 Å². The van der Waals surface area contributed by atoms with Gasteiger partial charge in [-0.1, -0.05) is 0 Å². The second-order valence-electron chi connectivity index (χ2n) is 6.35. The van der Waals surface area contributed by atoms with Gasteiger partial charge in [-0.05, 0) is 19.1 Å². The van der Waals surface area contributed by atoms with Gasteiger partial charge in [0.15, 0.2) is 0 Å². The number of carbonyl (C=O) groups excluding carboxylic acids is 2. The van der Waals surface area contributed by atoms with Crippen LogP contribution < -0.4 is 19.7 Å². The molecule has 2 aromatic rings. The van der Waals surface area contributed by atoms with Gasteiger partial charge in [0.2, 0.25) is 5.91 Å². The standard InChI is InChI=1S/C19H24N4O4S/c1-13-21-14(12-28-13)6-7-20-18(24)11-22-8-9-23(19(22)25)16-10-15(26-2)4-5-17(16)27-3/h4-5,10,12H,6-9,11H2,1-3H3,(H,20,24). The lowest BCUT2D eigenvalue weighted by molar-refractivity contribution is -0.121. The number of nitrogens with zero attached hydrogens (tertiary/aromatic N) is 3. The van der Waals surface area contributed by atoms with E-state index < -0.39 is 0 Å². The molecular weight excluding hydrogens is 380 g/mol. The average Bonchev–Trinajstić information content (AvgIpc) is 3.27. The topological polar surface area (TPSA) is 84.0 Å². The van der Waals surface area contributed by atoms with Crippen LogP contribution in [0.3, 0.4) is 0 Å². The molecular formula is C19H24N4O4S. The lowest BCUT2D eigenvalue weighted by Gasteiger charge is -2.21. The van der Waals surface area contributed by atoms with E-state index in [2.05, 4.69) is 10.3 Å². The number of carbonyl (C=O) groups is 2. The average molecular weight is 404 g/mol. The van der Waals surface area contributed by atoms with Crippen molar-refractivity contribution in [3.63, 3.8) is 0 Å². The molecule has 150 valence electrons. The van der Waals surface area contributed by atoms with E-state index in [0.29, 0.717) is 43.2 Å². The van der Waals surface area contributed by atoms with E-state index >= 15 is 0 Å². The minimum Gasteiger partial charge on any atom is -0.497 e. The van der Waals surface area contributed by atoms with Crippen molar-refractivity contribution in [1.29, 1.82) is 0 Å². The Kier molecular flexibility index (Phi) is 6.35. The van der Waals surface area contributed by atoms with E-state index in [9.17, 15) is 9.59 Å². The van der Waals surface area contributed by atoms with Crippen LogP contribution in [0.25, 0.3) is 0 Å². The third kappa shape index (κ3) is 4.53. The van der Waals surface area contributed by atoms with Crippen molar-refractivity contribution in [3.05, 3.63) is 34.3 Å². The van der Waals surface area contributed by atoms with Gasteiger partial charge < -0.3 is 19.7 Å². The van der Waals surface area contributed by atoms with Gasteiger partial charge in [0.1, 0.15) is 18.0 Å². The monoisotopic (exact) mass is 404 g/mol. The molecule has 0 aliphatic carbocycles. The molecule has 0 atom stereocenters. The lowest BCUT2D eigenvalue weighted by atomic mass is 10.2.